The summed E-state index contributed by atoms with van der Waals surface area (Å²) < 4.78 is 11.5. The van der Waals surface area contributed by atoms with Gasteiger partial charge in [0.05, 0.1) is 42.1 Å². The molecule has 2 fully saturated rings. The molecule has 2 aliphatic heterocycles. The number of fused-ring (bicyclic) bond motifs is 1. The van der Waals surface area contributed by atoms with Crippen LogP contribution in [0.3, 0.4) is 0 Å². The van der Waals surface area contributed by atoms with Crippen molar-refractivity contribution in [1.82, 2.24) is 9.80 Å². The lowest BCUT2D eigenvalue weighted by molar-refractivity contribution is -0.132. The fourth-order valence-electron chi connectivity index (χ4n) is 5.13. The minimum atomic E-state index is -0.908. The van der Waals surface area contributed by atoms with Crippen LogP contribution in [-0.4, -0.2) is 72.6 Å². The van der Waals surface area contributed by atoms with E-state index in [9.17, 15) is 19.2 Å². The van der Waals surface area contributed by atoms with Crippen molar-refractivity contribution in [2.45, 2.75) is 38.1 Å². The van der Waals surface area contributed by atoms with Crippen LogP contribution in [0.4, 0.5) is 11.4 Å². The van der Waals surface area contributed by atoms with Crippen molar-refractivity contribution in [1.29, 1.82) is 0 Å². The number of likely N-dealkylation sites (tertiary alicyclic amines) is 1. The molecule has 3 aliphatic rings. The molecular formula is C27H29N3O6. The van der Waals surface area contributed by atoms with Crippen LogP contribution in [0.15, 0.2) is 36.4 Å². The lowest BCUT2D eigenvalue weighted by Crippen LogP contribution is -2.47. The molecule has 5 rings (SSSR count). The van der Waals surface area contributed by atoms with Gasteiger partial charge in [0.1, 0.15) is 23.9 Å². The number of carbonyl (C=O) groups is 4. The van der Waals surface area contributed by atoms with Gasteiger partial charge in [-0.2, -0.15) is 0 Å². The Labute approximate surface area is 209 Å². The number of hydrogen-bond acceptors (Lipinski definition) is 8. The molecule has 0 bridgehead atoms. The van der Waals surface area contributed by atoms with Gasteiger partial charge in [0.15, 0.2) is 5.78 Å². The van der Waals surface area contributed by atoms with Gasteiger partial charge in [-0.3, -0.25) is 29.0 Å². The smallest absolute Gasteiger partial charge is 0.264 e. The Balaban J connectivity index is 1.34. The topological polar surface area (TPSA) is 105 Å². The number of nitrogens with zero attached hydrogens (tertiary/aromatic N) is 2. The van der Waals surface area contributed by atoms with Crippen molar-refractivity contribution in [3.8, 4) is 11.5 Å². The number of methoxy groups -OCH3 is 1. The maximum absolute atomic E-state index is 13.4. The number of anilines is 2. The maximum Gasteiger partial charge on any atom is 0.264 e. The molecule has 2 amide bonds. The van der Waals surface area contributed by atoms with E-state index in [1.54, 1.807) is 37.4 Å². The Morgan fingerprint density at radius 1 is 1.00 bits per heavy atom. The number of rotatable bonds is 8. The number of ketones is 2. The number of hydrogen-bond donors (Lipinski definition) is 1. The Morgan fingerprint density at radius 2 is 1.81 bits per heavy atom. The van der Waals surface area contributed by atoms with Gasteiger partial charge in [-0.25, -0.2) is 0 Å². The fourth-order valence-corrected chi connectivity index (χ4v) is 5.13. The Bertz CT molecular complexity index is 1220. The zero-order valence-electron chi connectivity index (χ0n) is 20.2. The summed E-state index contributed by atoms with van der Waals surface area (Å²) >= 11 is 0. The van der Waals surface area contributed by atoms with Gasteiger partial charge in [-0.05, 0) is 56.6 Å². The van der Waals surface area contributed by atoms with E-state index >= 15 is 0 Å². The van der Waals surface area contributed by atoms with Crippen molar-refractivity contribution < 1.29 is 28.7 Å². The molecule has 36 heavy (non-hydrogen) atoms. The standard InChI is InChI=1S/C27H29N3O6/c1-35-24-16-18(36-14-13-29-11-2-3-12-29)8-9-20(24)28-21-6-4-5-19-25(21)27(34)30(26(19)33)22-10-7-17(31)15-23(22)32/h4-6,8-9,16,22,28H,2-3,7,10-15H2,1H3. The molecule has 9 heteroatoms. The van der Waals surface area contributed by atoms with Crippen LogP contribution in [0, 0.1) is 0 Å². The predicted octanol–water partition coefficient (Wildman–Crippen LogP) is 3.20. The van der Waals surface area contributed by atoms with Crippen molar-refractivity contribution in [2.75, 3.05) is 38.7 Å². The molecule has 1 aliphatic carbocycles. The van der Waals surface area contributed by atoms with Crippen molar-refractivity contribution in [3.05, 3.63) is 47.5 Å². The highest BCUT2D eigenvalue weighted by atomic mass is 16.5. The molecule has 0 spiro atoms. The number of amides is 2. The fraction of sp³-hybridized carbons (Fsp3) is 0.407. The van der Waals surface area contributed by atoms with E-state index < -0.39 is 23.6 Å². The van der Waals surface area contributed by atoms with Crippen LogP contribution in [0.1, 0.15) is 52.8 Å². The van der Waals surface area contributed by atoms with Crippen molar-refractivity contribution in [2.24, 2.45) is 0 Å². The highest BCUT2D eigenvalue weighted by molar-refractivity contribution is 6.26. The number of Topliss-reactive ketones (excluding diaryl/α,β-unsaturated/α-hetero) is 2. The van der Waals surface area contributed by atoms with E-state index in [0.29, 0.717) is 29.5 Å². The van der Waals surface area contributed by atoms with Gasteiger partial charge >= 0.3 is 0 Å². The van der Waals surface area contributed by atoms with Crippen LogP contribution < -0.4 is 14.8 Å². The summed E-state index contributed by atoms with van der Waals surface area (Å²) in [5.41, 5.74) is 1.49. The number of nitrogens with one attached hydrogen (secondary N) is 1. The SMILES string of the molecule is COc1cc(OCCN2CCCC2)ccc1Nc1cccc2c1C(=O)N(C1CCC(=O)CC1=O)C2=O. The van der Waals surface area contributed by atoms with Gasteiger partial charge in [0.2, 0.25) is 0 Å². The third-order valence-corrected chi connectivity index (χ3v) is 7.01. The number of imide groups is 1. The van der Waals surface area contributed by atoms with Crippen LogP contribution in [0.5, 0.6) is 11.5 Å². The molecule has 2 heterocycles. The van der Waals surface area contributed by atoms with Gasteiger partial charge in [-0.15, -0.1) is 0 Å². The first kappa shape index (κ1) is 24.0. The van der Waals surface area contributed by atoms with E-state index in [2.05, 4.69) is 10.2 Å². The summed E-state index contributed by atoms with van der Waals surface area (Å²) in [6.07, 6.45) is 2.57. The molecule has 1 atom stereocenters. The third kappa shape index (κ3) is 4.58. The molecule has 2 aromatic carbocycles. The van der Waals surface area contributed by atoms with Crippen LogP contribution in [0.25, 0.3) is 0 Å². The third-order valence-electron chi connectivity index (χ3n) is 7.01. The molecule has 0 aromatic heterocycles. The molecule has 1 saturated heterocycles. The number of benzene rings is 2. The summed E-state index contributed by atoms with van der Waals surface area (Å²) in [7, 11) is 1.55. The van der Waals surface area contributed by atoms with Gasteiger partial charge in [-0.1, -0.05) is 6.07 Å². The lowest BCUT2D eigenvalue weighted by Gasteiger charge is -2.27. The normalized spacial score (nSPS) is 20.1. The van der Waals surface area contributed by atoms with E-state index in [0.717, 1.165) is 24.5 Å². The zero-order chi connectivity index (χ0) is 25.2. The second-order valence-electron chi connectivity index (χ2n) is 9.33. The molecular weight excluding hydrogens is 462 g/mol. The van der Waals surface area contributed by atoms with E-state index in [4.69, 9.17) is 9.47 Å². The first-order valence-electron chi connectivity index (χ1n) is 12.3. The van der Waals surface area contributed by atoms with Gasteiger partial charge < -0.3 is 14.8 Å². The molecule has 1 N–H and O–H groups in total. The zero-order valence-corrected chi connectivity index (χ0v) is 20.2. The van der Waals surface area contributed by atoms with Crippen LogP contribution >= 0.6 is 0 Å². The molecule has 188 valence electrons. The molecule has 1 unspecified atom stereocenters. The average molecular weight is 492 g/mol. The summed E-state index contributed by atoms with van der Waals surface area (Å²) in [5, 5.41) is 3.22. The van der Waals surface area contributed by atoms with Crippen molar-refractivity contribution in [3.63, 3.8) is 0 Å². The maximum atomic E-state index is 13.4. The van der Waals surface area contributed by atoms with E-state index in [1.807, 2.05) is 6.07 Å². The molecule has 1 saturated carbocycles. The molecule has 9 nitrogen and oxygen atoms in total. The summed E-state index contributed by atoms with van der Waals surface area (Å²) in [6.45, 7) is 3.69. The molecule has 0 radical (unpaired) electrons. The van der Waals surface area contributed by atoms with E-state index in [1.165, 1.54) is 12.8 Å². The lowest BCUT2D eigenvalue weighted by atomic mass is 9.92. The van der Waals surface area contributed by atoms with Gasteiger partial charge in [0.25, 0.3) is 11.8 Å². The second-order valence-corrected chi connectivity index (χ2v) is 9.33. The summed E-state index contributed by atoms with van der Waals surface area (Å²) in [6, 6.07) is 9.48. The predicted molar refractivity (Wildman–Crippen MR) is 132 cm³/mol. The Morgan fingerprint density at radius 3 is 2.56 bits per heavy atom. The first-order chi connectivity index (χ1) is 17.5. The first-order valence-corrected chi connectivity index (χ1v) is 12.3. The quantitative estimate of drug-likeness (QED) is 0.443. The number of ether oxygens (including phenoxy) is 2. The summed E-state index contributed by atoms with van der Waals surface area (Å²) in [4.78, 5) is 53.9. The number of carbonyl (C=O) groups excluding carboxylic acids is 4. The van der Waals surface area contributed by atoms with Crippen LogP contribution in [0.2, 0.25) is 0 Å². The monoisotopic (exact) mass is 491 g/mol. The highest BCUT2D eigenvalue weighted by Crippen LogP contribution is 2.37. The minimum Gasteiger partial charge on any atom is -0.494 e. The largest absolute Gasteiger partial charge is 0.494 e. The van der Waals surface area contributed by atoms with Gasteiger partial charge in [0, 0.05) is 19.0 Å². The second kappa shape index (κ2) is 10.1. The molecule has 2 aromatic rings. The van der Waals surface area contributed by atoms with E-state index in [-0.39, 0.29) is 36.2 Å². The summed E-state index contributed by atoms with van der Waals surface area (Å²) in [5.74, 6) is -0.395. The average Bonchev–Trinajstić information content (AvgIpc) is 3.47. The highest BCUT2D eigenvalue weighted by Gasteiger charge is 2.45. The van der Waals surface area contributed by atoms with Crippen LogP contribution in [-0.2, 0) is 9.59 Å². The van der Waals surface area contributed by atoms with Crippen molar-refractivity contribution >= 4 is 34.8 Å². The Kier molecular flexibility index (Phi) is 6.73. The minimum absolute atomic E-state index is 0.161. The Hall–Kier alpha value is -3.72.